The second-order valence-electron chi connectivity index (χ2n) is 5.29. The van der Waals surface area contributed by atoms with Gasteiger partial charge in [-0.1, -0.05) is 24.3 Å². The van der Waals surface area contributed by atoms with E-state index in [1.54, 1.807) is 42.2 Å². The fourth-order valence-corrected chi connectivity index (χ4v) is 2.86. The minimum Gasteiger partial charge on any atom is -0.286 e. The van der Waals surface area contributed by atoms with E-state index in [0.29, 0.717) is 16.8 Å². The second kappa shape index (κ2) is 6.01. The van der Waals surface area contributed by atoms with Crippen molar-refractivity contribution >= 4 is 15.7 Å². The summed E-state index contributed by atoms with van der Waals surface area (Å²) >= 11 is 0. The molecule has 8 nitrogen and oxygen atoms in total. The minimum atomic E-state index is -3.85. The smallest absolute Gasteiger partial charge is 0.280 e. The van der Waals surface area contributed by atoms with Crippen LogP contribution in [0.1, 0.15) is 0 Å². The van der Waals surface area contributed by atoms with Crippen LogP contribution in [0.3, 0.4) is 0 Å². The Labute approximate surface area is 143 Å². The van der Waals surface area contributed by atoms with Gasteiger partial charge >= 0.3 is 0 Å². The molecule has 0 bridgehead atoms. The van der Waals surface area contributed by atoms with Gasteiger partial charge in [-0.2, -0.15) is 4.68 Å². The number of aromatic nitrogens is 3. The Kier molecular flexibility index (Phi) is 4.00. The Hall–Kier alpha value is -3.22. The number of aryl methyl sites for hydroxylation is 1. The van der Waals surface area contributed by atoms with Crippen molar-refractivity contribution in [3.8, 4) is 16.9 Å². The maximum atomic E-state index is 12.7. The zero-order chi connectivity index (χ0) is 18.2. The molecule has 0 unspecified atom stereocenters. The lowest BCUT2D eigenvalue weighted by Gasteiger charge is -2.06. The normalized spacial score (nSPS) is 11.2. The fourth-order valence-electron chi connectivity index (χ4n) is 2.40. The monoisotopic (exact) mass is 355 g/mol. The van der Waals surface area contributed by atoms with Crippen molar-refractivity contribution in [2.45, 2.75) is 4.90 Å². The van der Waals surface area contributed by atoms with Crippen molar-refractivity contribution in [1.82, 2.24) is 14.3 Å². The Morgan fingerprint density at radius 3 is 2.36 bits per heavy atom. The maximum absolute atomic E-state index is 12.7. The molecule has 3 aromatic rings. The first-order valence-electron chi connectivity index (χ1n) is 7.07. The molecule has 2 heterocycles. The summed E-state index contributed by atoms with van der Waals surface area (Å²) in [5, 5.41) is 5.05. The van der Waals surface area contributed by atoms with Crippen LogP contribution in [0, 0.1) is 6.57 Å². The molecule has 0 spiro atoms. The zero-order valence-corrected chi connectivity index (χ0v) is 13.9. The summed E-state index contributed by atoms with van der Waals surface area (Å²) in [5.74, 6) is 0.268. The van der Waals surface area contributed by atoms with Gasteiger partial charge in [0, 0.05) is 19.4 Å². The Balaban J connectivity index is 2.08. The molecule has 9 heteroatoms. The standard InChI is InChI=1S/C16H13N5O3S/c1-18-12-5-3-11(4-6-12)14-10-20(2)21(16(14)22)15-8-7-13(9-19-15)25(17,23)24/h3-10H,2H3,(H2,17,23,24). The first-order chi connectivity index (χ1) is 11.8. The molecule has 0 amide bonds. The van der Waals surface area contributed by atoms with E-state index in [1.165, 1.54) is 16.8 Å². The molecule has 0 aliphatic heterocycles. The van der Waals surface area contributed by atoms with E-state index in [2.05, 4.69) is 9.83 Å². The van der Waals surface area contributed by atoms with E-state index in [4.69, 9.17) is 11.7 Å². The molecule has 0 fully saturated rings. The third kappa shape index (κ3) is 3.08. The van der Waals surface area contributed by atoms with Crippen molar-refractivity contribution in [3.63, 3.8) is 0 Å². The summed E-state index contributed by atoms with van der Waals surface area (Å²) < 4.78 is 25.5. The number of hydrogen-bond acceptors (Lipinski definition) is 4. The molecular formula is C16H13N5O3S. The highest BCUT2D eigenvalue weighted by Gasteiger charge is 2.15. The SMILES string of the molecule is [C-]#[N+]c1ccc(-c2cn(C)n(-c3ccc(S(N)(=O)=O)cn3)c2=O)cc1. The Morgan fingerprint density at radius 2 is 1.84 bits per heavy atom. The van der Waals surface area contributed by atoms with Gasteiger partial charge in [0.2, 0.25) is 10.0 Å². The molecule has 0 radical (unpaired) electrons. The number of sulfonamides is 1. The highest BCUT2D eigenvalue weighted by molar-refractivity contribution is 7.89. The zero-order valence-electron chi connectivity index (χ0n) is 13.1. The highest BCUT2D eigenvalue weighted by atomic mass is 32.2. The van der Waals surface area contributed by atoms with Crippen molar-refractivity contribution in [2.75, 3.05) is 0 Å². The molecule has 0 saturated carbocycles. The summed E-state index contributed by atoms with van der Waals surface area (Å²) in [5.41, 5.74) is 1.29. The van der Waals surface area contributed by atoms with Gasteiger partial charge in [0.05, 0.1) is 12.1 Å². The van der Waals surface area contributed by atoms with Crippen LogP contribution in [-0.4, -0.2) is 22.8 Å². The molecule has 0 aliphatic rings. The number of benzene rings is 1. The third-order valence-electron chi connectivity index (χ3n) is 3.63. The third-order valence-corrected chi connectivity index (χ3v) is 4.53. The molecular weight excluding hydrogens is 342 g/mol. The van der Waals surface area contributed by atoms with Crippen LogP contribution < -0.4 is 10.7 Å². The summed E-state index contributed by atoms with van der Waals surface area (Å²) in [6, 6.07) is 9.38. The van der Waals surface area contributed by atoms with Gasteiger partial charge in [0.1, 0.15) is 4.90 Å². The number of pyridine rings is 1. The van der Waals surface area contributed by atoms with E-state index in [1.807, 2.05) is 0 Å². The average Bonchev–Trinajstić information content (AvgIpc) is 2.89. The van der Waals surface area contributed by atoms with Crippen molar-refractivity contribution in [2.24, 2.45) is 12.2 Å². The van der Waals surface area contributed by atoms with Crippen LogP contribution in [0.5, 0.6) is 0 Å². The van der Waals surface area contributed by atoms with Gasteiger partial charge in [0.25, 0.3) is 5.56 Å². The van der Waals surface area contributed by atoms with Crippen molar-refractivity contribution < 1.29 is 8.42 Å². The largest absolute Gasteiger partial charge is 0.286 e. The predicted octanol–water partition coefficient (Wildman–Crippen LogP) is 1.44. The van der Waals surface area contributed by atoms with Gasteiger partial charge < -0.3 is 0 Å². The molecule has 126 valence electrons. The number of rotatable bonds is 3. The predicted molar refractivity (Wildman–Crippen MR) is 91.9 cm³/mol. The number of hydrogen-bond donors (Lipinski definition) is 1. The average molecular weight is 355 g/mol. The molecule has 2 aromatic heterocycles. The Morgan fingerprint density at radius 1 is 1.16 bits per heavy atom. The minimum absolute atomic E-state index is 0.131. The van der Waals surface area contributed by atoms with E-state index in [9.17, 15) is 13.2 Å². The maximum Gasteiger partial charge on any atom is 0.280 e. The number of primary sulfonamides is 1. The van der Waals surface area contributed by atoms with Gasteiger partial charge in [-0.05, 0) is 17.7 Å². The Bertz CT molecular complexity index is 1130. The van der Waals surface area contributed by atoms with Crippen LogP contribution in [-0.2, 0) is 17.1 Å². The quantitative estimate of drug-likeness (QED) is 0.718. The van der Waals surface area contributed by atoms with Crippen LogP contribution in [0.15, 0.2) is 58.5 Å². The van der Waals surface area contributed by atoms with Gasteiger partial charge in [-0.15, -0.1) is 0 Å². The molecule has 25 heavy (non-hydrogen) atoms. The summed E-state index contributed by atoms with van der Waals surface area (Å²) in [7, 11) is -2.17. The lowest BCUT2D eigenvalue weighted by molar-refractivity contribution is 0.596. The summed E-state index contributed by atoms with van der Waals surface area (Å²) in [6.07, 6.45) is 2.75. The molecule has 0 aliphatic carbocycles. The van der Waals surface area contributed by atoms with Gasteiger partial charge in [0.15, 0.2) is 11.5 Å². The van der Waals surface area contributed by atoms with Gasteiger partial charge in [-0.3, -0.25) is 9.48 Å². The second-order valence-corrected chi connectivity index (χ2v) is 6.85. The van der Waals surface area contributed by atoms with E-state index in [-0.39, 0.29) is 16.3 Å². The number of nitrogens with two attached hydrogens (primary N) is 1. The van der Waals surface area contributed by atoms with Gasteiger partial charge in [-0.25, -0.2) is 23.4 Å². The topological polar surface area (TPSA) is 104 Å². The molecule has 1 aromatic carbocycles. The van der Waals surface area contributed by atoms with Crippen LogP contribution in [0.2, 0.25) is 0 Å². The van der Waals surface area contributed by atoms with E-state index >= 15 is 0 Å². The van der Waals surface area contributed by atoms with Crippen LogP contribution in [0.25, 0.3) is 21.8 Å². The van der Waals surface area contributed by atoms with E-state index in [0.717, 1.165) is 6.20 Å². The highest BCUT2D eigenvalue weighted by Crippen LogP contribution is 2.21. The summed E-state index contributed by atoms with van der Waals surface area (Å²) in [6.45, 7) is 6.97. The van der Waals surface area contributed by atoms with E-state index < -0.39 is 10.0 Å². The van der Waals surface area contributed by atoms with Crippen molar-refractivity contribution in [1.29, 1.82) is 0 Å². The fraction of sp³-hybridized carbons (Fsp3) is 0.0625. The molecule has 0 atom stereocenters. The van der Waals surface area contributed by atoms with Crippen LogP contribution in [0.4, 0.5) is 5.69 Å². The lowest BCUT2D eigenvalue weighted by atomic mass is 10.1. The first kappa shape index (κ1) is 16.6. The van der Waals surface area contributed by atoms with Crippen molar-refractivity contribution in [3.05, 3.63) is 70.6 Å². The lowest BCUT2D eigenvalue weighted by Crippen LogP contribution is -2.21. The number of nitrogens with zero attached hydrogens (tertiary/aromatic N) is 4. The molecule has 2 N–H and O–H groups in total. The molecule has 0 saturated heterocycles. The van der Waals surface area contributed by atoms with Crippen LogP contribution >= 0.6 is 0 Å². The molecule has 3 rings (SSSR count). The summed E-state index contributed by atoms with van der Waals surface area (Å²) in [4.78, 5) is 19.9. The first-order valence-corrected chi connectivity index (χ1v) is 8.61.